The zero-order valence-corrected chi connectivity index (χ0v) is 10.6. The van der Waals surface area contributed by atoms with Crippen LogP contribution in [0.5, 0.6) is 5.88 Å². The number of hydrogen-bond acceptors (Lipinski definition) is 6. The molecule has 1 atom stereocenters. The molecule has 0 radical (unpaired) electrons. The minimum atomic E-state index is -0.365. The largest absolute Gasteiger partial charge is 0.481 e. The second-order valence-corrected chi connectivity index (χ2v) is 4.07. The molecule has 0 amide bonds. The Bertz CT molecular complexity index is 503. The molecule has 7 heteroatoms. The van der Waals surface area contributed by atoms with E-state index in [1.54, 1.807) is 25.5 Å². The van der Waals surface area contributed by atoms with Gasteiger partial charge in [-0.3, -0.25) is 5.84 Å². The number of furan rings is 1. The summed E-state index contributed by atoms with van der Waals surface area (Å²) in [5, 5.41) is 0. The zero-order valence-electron chi connectivity index (χ0n) is 9.05. The van der Waals surface area contributed by atoms with Crippen molar-refractivity contribution in [2.24, 2.45) is 5.84 Å². The molecule has 2 heterocycles. The van der Waals surface area contributed by atoms with E-state index in [-0.39, 0.29) is 6.04 Å². The Labute approximate surface area is 106 Å². The Hall–Kier alpha value is -1.44. The molecule has 0 fully saturated rings. The van der Waals surface area contributed by atoms with Gasteiger partial charge in [-0.1, -0.05) is 0 Å². The molecule has 2 rings (SSSR count). The van der Waals surface area contributed by atoms with Crippen LogP contribution < -0.4 is 16.0 Å². The number of nitrogens with zero attached hydrogens (tertiary/aromatic N) is 2. The molecular formula is C10H11BrN4O2. The molecule has 0 saturated carbocycles. The van der Waals surface area contributed by atoms with Crippen LogP contribution in [0.3, 0.4) is 0 Å². The highest BCUT2D eigenvalue weighted by atomic mass is 79.9. The van der Waals surface area contributed by atoms with Crippen LogP contribution in [-0.2, 0) is 0 Å². The first kappa shape index (κ1) is 12.0. The van der Waals surface area contributed by atoms with E-state index in [1.807, 2.05) is 0 Å². The first-order valence-electron chi connectivity index (χ1n) is 4.81. The van der Waals surface area contributed by atoms with Gasteiger partial charge >= 0.3 is 0 Å². The van der Waals surface area contributed by atoms with Crippen molar-refractivity contribution in [2.45, 2.75) is 6.04 Å². The van der Waals surface area contributed by atoms with Crippen LogP contribution in [0.2, 0.25) is 0 Å². The number of aromatic nitrogens is 2. The van der Waals surface area contributed by atoms with Gasteiger partial charge in [0.1, 0.15) is 18.1 Å². The third-order valence-electron chi connectivity index (χ3n) is 2.24. The molecule has 0 aliphatic heterocycles. The summed E-state index contributed by atoms with van der Waals surface area (Å²) >= 11 is 3.38. The van der Waals surface area contributed by atoms with Crippen molar-refractivity contribution in [3.63, 3.8) is 0 Å². The molecule has 1 unspecified atom stereocenters. The van der Waals surface area contributed by atoms with Crippen LogP contribution in [0.25, 0.3) is 0 Å². The van der Waals surface area contributed by atoms with E-state index in [1.165, 1.54) is 6.33 Å². The van der Waals surface area contributed by atoms with E-state index in [4.69, 9.17) is 15.0 Å². The molecule has 0 aromatic carbocycles. The quantitative estimate of drug-likeness (QED) is 0.655. The number of rotatable bonds is 4. The summed E-state index contributed by atoms with van der Waals surface area (Å²) in [6, 6.07) is 3.12. The Morgan fingerprint density at radius 1 is 1.53 bits per heavy atom. The molecule has 0 spiro atoms. The number of halogens is 1. The van der Waals surface area contributed by atoms with Crippen molar-refractivity contribution in [3.05, 3.63) is 40.7 Å². The Morgan fingerprint density at radius 3 is 2.94 bits per heavy atom. The second-order valence-electron chi connectivity index (χ2n) is 3.22. The fraction of sp³-hybridized carbons (Fsp3) is 0.200. The maximum Gasteiger partial charge on any atom is 0.216 e. The minimum absolute atomic E-state index is 0.365. The number of nitrogens with two attached hydrogens (primary N) is 1. The molecule has 90 valence electrons. The average Bonchev–Trinajstić information content (AvgIpc) is 2.77. The molecule has 6 nitrogen and oxygen atoms in total. The van der Waals surface area contributed by atoms with Gasteiger partial charge in [0, 0.05) is 6.07 Å². The minimum Gasteiger partial charge on any atom is -0.481 e. The summed E-state index contributed by atoms with van der Waals surface area (Å²) in [5.74, 6) is 6.64. The lowest BCUT2D eigenvalue weighted by molar-refractivity contribution is 0.392. The third kappa shape index (κ3) is 2.46. The number of hydrogen-bond donors (Lipinski definition) is 2. The van der Waals surface area contributed by atoms with Crippen molar-refractivity contribution in [2.75, 3.05) is 7.11 Å². The Kier molecular flexibility index (Phi) is 3.72. The topological polar surface area (TPSA) is 86.2 Å². The maximum absolute atomic E-state index is 5.52. The van der Waals surface area contributed by atoms with Gasteiger partial charge in [-0.15, -0.1) is 0 Å². The summed E-state index contributed by atoms with van der Waals surface area (Å²) in [7, 11) is 1.54. The normalized spacial score (nSPS) is 12.4. The van der Waals surface area contributed by atoms with E-state index in [9.17, 15) is 0 Å². The standard InChI is InChI=1S/C10H11BrN4O2/c1-16-8-4-7(13-5-14-8)9(15-12)10-6(11)2-3-17-10/h2-5,9,15H,12H2,1H3. The first-order chi connectivity index (χ1) is 8.26. The SMILES string of the molecule is COc1cc(C(NN)c2occc2Br)ncn1. The van der Waals surface area contributed by atoms with Gasteiger partial charge in [0.2, 0.25) is 5.88 Å². The molecule has 17 heavy (non-hydrogen) atoms. The van der Waals surface area contributed by atoms with Gasteiger partial charge in [-0.2, -0.15) is 0 Å². The fourth-order valence-corrected chi connectivity index (χ4v) is 1.86. The molecule has 3 N–H and O–H groups in total. The highest BCUT2D eigenvalue weighted by Gasteiger charge is 2.20. The average molecular weight is 299 g/mol. The summed E-state index contributed by atoms with van der Waals surface area (Å²) in [4.78, 5) is 8.08. The Morgan fingerprint density at radius 2 is 2.35 bits per heavy atom. The van der Waals surface area contributed by atoms with Gasteiger partial charge in [-0.25, -0.2) is 15.4 Å². The van der Waals surface area contributed by atoms with Gasteiger partial charge < -0.3 is 9.15 Å². The molecule has 0 saturated heterocycles. The van der Waals surface area contributed by atoms with E-state index >= 15 is 0 Å². The summed E-state index contributed by atoms with van der Waals surface area (Å²) < 4.78 is 11.2. The maximum atomic E-state index is 5.52. The predicted molar refractivity (Wildman–Crippen MR) is 64.2 cm³/mol. The van der Waals surface area contributed by atoms with Crippen LogP contribution in [-0.4, -0.2) is 17.1 Å². The van der Waals surface area contributed by atoms with Crippen LogP contribution in [0, 0.1) is 0 Å². The van der Waals surface area contributed by atoms with Gasteiger partial charge in [0.15, 0.2) is 0 Å². The fourth-order valence-electron chi connectivity index (χ4n) is 1.43. The number of hydrazine groups is 1. The van der Waals surface area contributed by atoms with Crippen LogP contribution in [0.15, 0.2) is 33.6 Å². The molecule has 2 aromatic heterocycles. The van der Waals surface area contributed by atoms with E-state index in [0.29, 0.717) is 17.3 Å². The van der Waals surface area contributed by atoms with Crippen molar-refractivity contribution >= 4 is 15.9 Å². The van der Waals surface area contributed by atoms with E-state index in [0.717, 1.165) is 4.47 Å². The smallest absolute Gasteiger partial charge is 0.216 e. The van der Waals surface area contributed by atoms with Crippen molar-refractivity contribution < 1.29 is 9.15 Å². The number of methoxy groups -OCH3 is 1. The third-order valence-corrected chi connectivity index (χ3v) is 2.90. The van der Waals surface area contributed by atoms with Gasteiger partial charge in [0.25, 0.3) is 0 Å². The Balaban J connectivity index is 2.38. The van der Waals surface area contributed by atoms with Gasteiger partial charge in [-0.05, 0) is 22.0 Å². The monoisotopic (exact) mass is 298 g/mol. The molecule has 0 bridgehead atoms. The first-order valence-corrected chi connectivity index (χ1v) is 5.60. The number of nitrogens with one attached hydrogen (secondary N) is 1. The second kappa shape index (κ2) is 5.26. The summed E-state index contributed by atoms with van der Waals surface area (Å²) in [6.07, 6.45) is 2.98. The van der Waals surface area contributed by atoms with Crippen molar-refractivity contribution in [3.8, 4) is 5.88 Å². The molecular weight excluding hydrogens is 288 g/mol. The van der Waals surface area contributed by atoms with Crippen molar-refractivity contribution in [1.82, 2.24) is 15.4 Å². The molecule has 0 aliphatic rings. The van der Waals surface area contributed by atoms with E-state index < -0.39 is 0 Å². The van der Waals surface area contributed by atoms with Crippen molar-refractivity contribution in [1.29, 1.82) is 0 Å². The summed E-state index contributed by atoms with van der Waals surface area (Å²) in [5.41, 5.74) is 3.31. The predicted octanol–water partition coefficient (Wildman–Crippen LogP) is 1.39. The van der Waals surface area contributed by atoms with Crippen LogP contribution in [0.1, 0.15) is 17.5 Å². The lowest BCUT2D eigenvalue weighted by atomic mass is 10.1. The van der Waals surface area contributed by atoms with Gasteiger partial charge in [0.05, 0.1) is 23.5 Å². The van der Waals surface area contributed by atoms with E-state index in [2.05, 4.69) is 31.3 Å². The lowest BCUT2D eigenvalue weighted by Crippen LogP contribution is -2.29. The number of ether oxygens (including phenoxy) is 1. The highest BCUT2D eigenvalue weighted by molar-refractivity contribution is 9.10. The van der Waals surface area contributed by atoms with Crippen LogP contribution in [0.4, 0.5) is 0 Å². The van der Waals surface area contributed by atoms with Crippen LogP contribution >= 0.6 is 15.9 Å². The molecule has 0 aliphatic carbocycles. The zero-order chi connectivity index (χ0) is 12.3. The lowest BCUT2D eigenvalue weighted by Gasteiger charge is -2.13. The highest BCUT2D eigenvalue weighted by Crippen LogP contribution is 2.28. The molecule has 2 aromatic rings. The summed E-state index contributed by atoms with van der Waals surface area (Å²) in [6.45, 7) is 0.